The average molecular weight is 458 g/mol. The Hall–Kier alpha value is -2.75. The van der Waals surface area contributed by atoms with E-state index in [-0.39, 0.29) is 11.5 Å². The number of allylic oxidation sites excluding steroid dienone is 2. The Labute approximate surface area is 204 Å². The fourth-order valence-electron chi connectivity index (χ4n) is 5.91. The molecule has 3 aliphatic rings. The summed E-state index contributed by atoms with van der Waals surface area (Å²) in [6.45, 7) is 14.4. The lowest BCUT2D eigenvalue weighted by Gasteiger charge is -2.38. The van der Waals surface area contributed by atoms with E-state index >= 15 is 0 Å². The van der Waals surface area contributed by atoms with Crippen LogP contribution in [0.1, 0.15) is 87.9 Å². The molecule has 0 spiro atoms. The number of rotatable bonds is 4. The number of hydrogen-bond donors (Lipinski definition) is 1. The smallest absolute Gasteiger partial charge is 0.141 e. The zero-order valence-electron chi connectivity index (χ0n) is 21.7. The number of hydrogen-bond acceptors (Lipinski definition) is 4. The zero-order valence-corrected chi connectivity index (χ0v) is 21.7. The number of fused-ring (bicyclic) bond motifs is 1. The normalized spacial score (nSPS) is 22.0. The molecule has 1 aliphatic carbocycles. The Morgan fingerprint density at radius 3 is 2.41 bits per heavy atom. The second kappa shape index (κ2) is 8.48. The van der Waals surface area contributed by atoms with Crippen LogP contribution in [0, 0.1) is 19.3 Å². The Balaban J connectivity index is 1.51. The quantitative estimate of drug-likeness (QED) is 0.531. The average Bonchev–Trinajstić information content (AvgIpc) is 3.32. The van der Waals surface area contributed by atoms with Crippen LogP contribution in [0.25, 0.3) is 11.1 Å². The summed E-state index contributed by atoms with van der Waals surface area (Å²) in [6, 6.07) is 9.34. The molecule has 1 aromatic heterocycles. The van der Waals surface area contributed by atoms with Crippen molar-refractivity contribution in [3.05, 3.63) is 76.6 Å². The molecule has 4 nitrogen and oxygen atoms in total. The molecule has 1 unspecified atom stereocenters. The van der Waals surface area contributed by atoms with Crippen molar-refractivity contribution in [2.75, 3.05) is 6.54 Å². The van der Waals surface area contributed by atoms with Crippen LogP contribution in [0.15, 0.2) is 53.0 Å². The van der Waals surface area contributed by atoms with Gasteiger partial charge in [-0.05, 0) is 54.7 Å². The van der Waals surface area contributed by atoms with Gasteiger partial charge in [-0.25, -0.2) is 0 Å². The first-order chi connectivity index (χ1) is 16.1. The third-order valence-electron chi connectivity index (χ3n) is 7.96. The highest BCUT2D eigenvalue weighted by Gasteiger charge is 2.37. The third kappa shape index (κ3) is 4.23. The fourth-order valence-corrected chi connectivity index (χ4v) is 5.91. The van der Waals surface area contributed by atoms with Crippen molar-refractivity contribution in [1.82, 2.24) is 15.4 Å². The summed E-state index contributed by atoms with van der Waals surface area (Å²) in [5, 5.41) is 7.93. The lowest BCUT2D eigenvalue weighted by Crippen LogP contribution is -2.37. The molecule has 1 atom stereocenters. The van der Waals surface area contributed by atoms with E-state index in [1.807, 2.05) is 13.8 Å². The van der Waals surface area contributed by atoms with Gasteiger partial charge in [-0.15, -0.1) is 0 Å². The molecular weight excluding hydrogens is 418 g/mol. The molecule has 1 N–H and O–H groups in total. The summed E-state index contributed by atoms with van der Waals surface area (Å²) in [7, 11) is 0. The second-order valence-electron chi connectivity index (χ2n) is 11.9. The van der Waals surface area contributed by atoms with Crippen LogP contribution in [-0.2, 0) is 5.41 Å². The van der Waals surface area contributed by atoms with Crippen LogP contribution < -0.4 is 5.32 Å². The van der Waals surface area contributed by atoms with E-state index in [9.17, 15) is 0 Å². The summed E-state index contributed by atoms with van der Waals surface area (Å²) in [5.74, 6) is 0.871. The molecule has 34 heavy (non-hydrogen) atoms. The van der Waals surface area contributed by atoms with Gasteiger partial charge in [0.1, 0.15) is 5.76 Å². The SMILES string of the molecule is Cc1noc(C)c1C1=CNC2C(c3ccc(C(C)(C)C)cc3)=CN(CC3(C)CCCCC3)C2=C1. The van der Waals surface area contributed by atoms with E-state index in [1.54, 1.807) is 0 Å². The van der Waals surface area contributed by atoms with E-state index in [0.29, 0.717) is 5.41 Å². The maximum absolute atomic E-state index is 5.48. The molecule has 2 aliphatic heterocycles. The molecular formula is C30H39N3O. The maximum atomic E-state index is 5.48. The summed E-state index contributed by atoms with van der Waals surface area (Å²) in [4.78, 5) is 2.53. The predicted octanol–water partition coefficient (Wildman–Crippen LogP) is 7.11. The van der Waals surface area contributed by atoms with Crippen molar-refractivity contribution in [2.45, 2.75) is 85.1 Å². The van der Waals surface area contributed by atoms with Crippen LogP contribution in [0.5, 0.6) is 0 Å². The number of dihydropyridines is 1. The van der Waals surface area contributed by atoms with Crippen molar-refractivity contribution >= 4 is 11.1 Å². The first-order valence-corrected chi connectivity index (χ1v) is 12.8. The van der Waals surface area contributed by atoms with E-state index in [0.717, 1.165) is 29.1 Å². The first kappa shape index (κ1) is 23.0. The summed E-state index contributed by atoms with van der Waals surface area (Å²) < 4.78 is 5.48. The molecule has 0 saturated heterocycles. The van der Waals surface area contributed by atoms with Gasteiger partial charge < -0.3 is 14.7 Å². The number of aromatic nitrogens is 1. The summed E-state index contributed by atoms with van der Waals surface area (Å²) >= 11 is 0. The largest absolute Gasteiger partial charge is 0.378 e. The molecule has 5 rings (SSSR count). The highest BCUT2D eigenvalue weighted by atomic mass is 16.5. The predicted molar refractivity (Wildman–Crippen MR) is 140 cm³/mol. The van der Waals surface area contributed by atoms with Gasteiger partial charge in [-0.1, -0.05) is 76.4 Å². The monoisotopic (exact) mass is 457 g/mol. The standard InChI is InChI=1S/C30H39N3O/c1-20-27(21(2)34-32-20)23-16-26-28(31-17-23)25(22-10-12-24(13-11-22)29(3,4)5)18-33(26)19-30(6)14-8-7-9-15-30/h10-13,16-18,28,31H,7-9,14-15,19H2,1-6H3. The topological polar surface area (TPSA) is 41.3 Å². The molecule has 1 saturated carbocycles. The van der Waals surface area contributed by atoms with Crippen molar-refractivity contribution in [2.24, 2.45) is 5.41 Å². The molecule has 0 radical (unpaired) electrons. The van der Waals surface area contributed by atoms with Crippen molar-refractivity contribution in [3.8, 4) is 0 Å². The number of nitrogens with zero attached hydrogens (tertiary/aromatic N) is 2. The number of benzene rings is 1. The minimum Gasteiger partial charge on any atom is -0.378 e. The van der Waals surface area contributed by atoms with Gasteiger partial charge >= 0.3 is 0 Å². The highest BCUT2D eigenvalue weighted by molar-refractivity contribution is 5.83. The van der Waals surface area contributed by atoms with Gasteiger partial charge in [0.2, 0.25) is 0 Å². The first-order valence-electron chi connectivity index (χ1n) is 12.8. The van der Waals surface area contributed by atoms with Crippen LogP contribution >= 0.6 is 0 Å². The van der Waals surface area contributed by atoms with Gasteiger partial charge in [-0.3, -0.25) is 0 Å². The van der Waals surface area contributed by atoms with E-state index in [4.69, 9.17) is 4.52 Å². The Morgan fingerprint density at radius 1 is 1.09 bits per heavy atom. The van der Waals surface area contributed by atoms with Gasteiger partial charge in [0.05, 0.1) is 11.7 Å². The molecule has 2 aromatic rings. The summed E-state index contributed by atoms with van der Waals surface area (Å²) in [5.41, 5.74) is 9.05. The second-order valence-corrected chi connectivity index (χ2v) is 11.9. The van der Waals surface area contributed by atoms with Crippen LogP contribution in [-0.4, -0.2) is 22.6 Å². The van der Waals surface area contributed by atoms with Crippen LogP contribution in [0.4, 0.5) is 0 Å². The molecule has 1 fully saturated rings. The number of aryl methyl sites for hydroxylation is 2. The van der Waals surface area contributed by atoms with Crippen LogP contribution in [0.2, 0.25) is 0 Å². The van der Waals surface area contributed by atoms with Gasteiger partial charge in [-0.2, -0.15) is 0 Å². The minimum absolute atomic E-state index is 0.157. The molecule has 1 aromatic carbocycles. The minimum atomic E-state index is 0.157. The van der Waals surface area contributed by atoms with E-state index in [1.165, 1.54) is 54.5 Å². The Bertz CT molecular complexity index is 1130. The van der Waals surface area contributed by atoms with Crippen molar-refractivity contribution in [1.29, 1.82) is 0 Å². The fraction of sp³-hybridized carbons (Fsp3) is 0.500. The molecule has 3 heterocycles. The molecule has 0 amide bonds. The highest BCUT2D eigenvalue weighted by Crippen LogP contribution is 2.43. The third-order valence-corrected chi connectivity index (χ3v) is 7.96. The molecule has 4 heteroatoms. The van der Waals surface area contributed by atoms with Gasteiger partial charge in [0, 0.05) is 41.4 Å². The molecule has 0 bridgehead atoms. The number of nitrogens with one attached hydrogen (secondary N) is 1. The van der Waals surface area contributed by atoms with E-state index < -0.39 is 0 Å². The van der Waals surface area contributed by atoms with E-state index in [2.05, 4.69) is 85.8 Å². The molecule has 180 valence electrons. The van der Waals surface area contributed by atoms with Gasteiger partial charge in [0.15, 0.2) is 0 Å². The Kier molecular flexibility index (Phi) is 5.74. The van der Waals surface area contributed by atoms with Crippen LogP contribution in [0.3, 0.4) is 0 Å². The summed E-state index contributed by atoms with van der Waals surface area (Å²) in [6.07, 6.45) is 13.6. The van der Waals surface area contributed by atoms with Crippen molar-refractivity contribution in [3.63, 3.8) is 0 Å². The Morgan fingerprint density at radius 2 is 1.79 bits per heavy atom. The lowest BCUT2D eigenvalue weighted by molar-refractivity contribution is 0.169. The zero-order chi connectivity index (χ0) is 24.1. The van der Waals surface area contributed by atoms with Gasteiger partial charge in [0.25, 0.3) is 0 Å². The van der Waals surface area contributed by atoms with Crippen molar-refractivity contribution < 1.29 is 4.52 Å². The lowest BCUT2D eigenvalue weighted by atomic mass is 9.75. The maximum Gasteiger partial charge on any atom is 0.141 e.